The number of likely N-dealkylation sites (tertiary alicyclic amines) is 1. The van der Waals surface area contributed by atoms with Crippen LogP contribution in [0.2, 0.25) is 0 Å². The van der Waals surface area contributed by atoms with Gasteiger partial charge in [0, 0.05) is 5.92 Å². The average Bonchev–Trinajstić information content (AvgIpc) is 3.13. The van der Waals surface area contributed by atoms with Crippen molar-refractivity contribution >= 4 is 12.1 Å². The van der Waals surface area contributed by atoms with Gasteiger partial charge < -0.3 is 14.2 Å². The third-order valence-electron chi connectivity index (χ3n) is 3.92. The van der Waals surface area contributed by atoms with Crippen molar-refractivity contribution in [1.29, 1.82) is 0 Å². The maximum Gasteiger partial charge on any atom is 0.411 e. The van der Waals surface area contributed by atoms with Gasteiger partial charge in [-0.1, -0.05) is 6.08 Å². The molecule has 2 saturated heterocycles. The number of hydrogen-bond donors (Lipinski definition) is 0. The molecule has 0 aromatic heterocycles. The Kier molecular flexibility index (Phi) is 5.00. The van der Waals surface area contributed by atoms with E-state index < -0.39 is 29.3 Å². The number of hydrogen-bond acceptors (Lipinski definition) is 5. The van der Waals surface area contributed by atoms with E-state index in [1.807, 2.05) is 20.8 Å². The van der Waals surface area contributed by atoms with Crippen LogP contribution in [0.5, 0.6) is 0 Å². The molecule has 2 fully saturated rings. The van der Waals surface area contributed by atoms with E-state index in [0.29, 0.717) is 13.0 Å². The summed E-state index contributed by atoms with van der Waals surface area (Å²) < 4.78 is 16.4. The zero-order chi connectivity index (χ0) is 18.3. The summed E-state index contributed by atoms with van der Waals surface area (Å²) in [7, 11) is 0. The van der Waals surface area contributed by atoms with E-state index in [0.717, 1.165) is 0 Å². The number of carbonyl (C=O) groups excluding carboxylic acids is 2. The molecule has 2 rings (SSSR count). The van der Waals surface area contributed by atoms with Gasteiger partial charge >= 0.3 is 12.1 Å². The lowest BCUT2D eigenvalue weighted by Gasteiger charge is -2.33. The highest BCUT2D eigenvalue weighted by Gasteiger charge is 2.54. The molecule has 2 unspecified atom stereocenters. The second-order valence-electron chi connectivity index (χ2n) is 8.43. The van der Waals surface area contributed by atoms with E-state index in [-0.39, 0.29) is 18.1 Å². The van der Waals surface area contributed by atoms with Crippen LogP contribution < -0.4 is 0 Å². The summed E-state index contributed by atoms with van der Waals surface area (Å²) in [6, 6.07) is -0.925. The smallest absolute Gasteiger partial charge is 0.411 e. The molecular weight excluding hydrogens is 310 g/mol. The molecule has 0 N–H and O–H groups in total. The Morgan fingerprint density at radius 2 is 1.67 bits per heavy atom. The fourth-order valence-corrected chi connectivity index (χ4v) is 3.01. The van der Waals surface area contributed by atoms with Crippen LogP contribution in [-0.2, 0) is 19.0 Å². The Labute approximate surface area is 144 Å². The van der Waals surface area contributed by atoms with E-state index >= 15 is 0 Å². The molecule has 0 aromatic rings. The van der Waals surface area contributed by atoms with Gasteiger partial charge in [-0.2, -0.15) is 0 Å². The standard InChI is InChI=1S/C18H29NO5/c1-8-11-9-12(15(20)23-17(2,3)4)19(14(11)13-10-22-13)16(21)24-18(5,6)7/h8,11-14H,1,9-10H2,2-7H3/t11-,12?,13?,14-/m1/s1. The molecule has 0 saturated carbocycles. The second kappa shape index (κ2) is 6.39. The van der Waals surface area contributed by atoms with Crippen LogP contribution in [0.1, 0.15) is 48.0 Å². The van der Waals surface area contributed by atoms with Gasteiger partial charge in [-0.15, -0.1) is 6.58 Å². The molecule has 0 bridgehead atoms. The lowest BCUT2D eigenvalue weighted by atomic mass is 9.97. The van der Waals surface area contributed by atoms with Gasteiger partial charge in [0.05, 0.1) is 12.6 Å². The van der Waals surface area contributed by atoms with Gasteiger partial charge in [0.2, 0.25) is 0 Å². The van der Waals surface area contributed by atoms with E-state index in [2.05, 4.69) is 6.58 Å². The van der Waals surface area contributed by atoms with Gasteiger partial charge in [0.15, 0.2) is 0 Å². The summed E-state index contributed by atoms with van der Waals surface area (Å²) in [6.07, 6.45) is 1.67. The third kappa shape index (κ3) is 4.50. The second-order valence-corrected chi connectivity index (χ2v) is 8.43. The van der Waals surface area contributed by atoms with E-state index in [1.54, 1.807) is 26.8 Å². The highest BCUT2D eigenvalue weighted by molar-refractivity contribution is 5.83. The summed E-state index contributed by atoms with van der Waals surface area (Å²) in [4.78, 5) is 26.9. The lowest BCUT2D eigenvalue weighted by Crippen LogP contribution is -2.50. The summed E-state index contributed by atoms with van der Waals surface area (Å²) in [6.45, 7) is 15.3. The van der Waals surface area contributed by atoms with E-state index in [4.69, 9.17) is 14.2 Å². The van der Waals surface area contributed by atoms with Crippen molar-refractivity contribution in [3.63, 3.8) is 0 Å². The third-order valence-corrected chi connectivity index (χ3v) is 3.92. The average molecular weight is 339 g/mol. The van der Waals surface area contributed by atoms with Crippen LogP contribution in [0.3, 0.4) is 0 Å². The molecular formula is C18H29NO5. The highest BCUT2D eigenvalue weighted by Crippen LogP contribution is 2.39. The Morgan fingerprint density at radius 1 is 1.12 bits per heavy atom. The van der Waals surface area contributed by atoms with Crippen LogP contribution in [0, 0.1) is 5.92 Å². The van der Waals surface area contributed by atoms with E-state index in [9.17, 15) is 9.59 Å². The van der Waals surface area contributed by atoms with E-state index in [1.165, 1.54) is 4.90 Å². The maximum absolute atomic E-state index is 12.8. The van der Waals surface area contributed by atoms with Crippen LogP contribution in [0.15, 0.2) is 12.7 Å². The van der Waals surface area contributed by atoms with Crippen molar-refractivity contribution < 1.29 is 23.8 Å². The minimum Gasteiger partial charge on any atom is -0.458 e. The number of carbonyl (C=O) groups is 2. The minimum atomic E-state index is -0.684. The van der Waals surface area contributed by atoms with Crippen LogP contribution in [0.4, 0.5) is 4.79 Å². The van der Waals surface area contributed by atoms with Crippen molar-refractivity contribution in [2.75, 3.05) is 6.61 Å². The Balaban J connectivity index is 2.27. The number of esters is 1. The van der Waals surface area contributed by atoms with Crippen LogP contribution in [0.25, 0.3) is 0 Å². The van der Waals surface area contributed by atoms with Gasteiger partial charge in [-0.25, -0.2) is 9.59 Å². The van der Waals surface area contributed by atoms with Crippen molar-refractivity contribution in [1.82, 2.24) is 4.90 Å². The van der Waals surface area contributed by atoms with Gasteiger partial charge in [0.25, 0.3) is 0 Å². The molecule has 6 heteroatoms. The first-order valence-electron chi connectivity index (χ1n) is 8.41. The monoisotopic (exact) mass is 339 g/mol. The number of ether oxygens (including phenoxy) is 3. The Hall–Kier alpha value is -1.56. The highest BCUT2D eigenvalue weighted by atomic mass is 16.6. The molecule has 24 heavy (non-hydrogen) atoms. The van der Waals surface area contributed by atoms with Gasteiger partial charge in [0.1, 0.15) is 23.3 Å². The molecule has 6 nitrogen and oxygen atoms in total. The summed E-state index contributed by atoms with van der Waals surface area (Å²) in [5.74, 6) is -0.439. The number of amides is 1. The molecule has 0 spiro atoms. The normalized spacial score (nSPS) is 30.0. The Bertz CT molecular complexity index is 512. The number of nitrogens with zero attached hydrogens (tertiary/aromatic N) is 1. The molecule has 1 amide bonds. The Morgan fingerprint density at radius 3 is 2.08 bits per heavy atom. The van der Waals surface area contributed by atoms with Crippen molar-refractivity contribution in [3.05, 3.63) is 12.7 Å². The molecule has 2 heterocycles. The molecule has 0 aliphatic carbocycles. The topological polar surface area (TPSA) is 68.4 Å². The van der Waals surface area contributed by atoms with Gasteiger partial charge in [-0.3, -0.25) is 4.90 Å². The molecule has 0 aromatic carbocycles. The van der Waals surface area contributed by atoms with Crippen molar-refractivity contribution in [3.8, 4) is 0 Å². The SMILES string of the molecule is C=C[C@@H]1CC(C(=O)OC(C)(C)C)N(C(=O)OC(C)(C)C)[C@H]1C1CO1. The maximum atomic E-state index is 12.8. The predicted octanol–water partition coefficient (Wildman–Crippen LogP) is 2.91. The molecule has 136 valence electrons. The molecule has 2 aliphatic rings. The fraction of sp³-hybridized carbons (Fsp3) is 0.778. The van der Waals surface area contributed by atoms with Crippen molar-refractivity contribution in [2.24, 2.45) is 5.92 Å². The molecule has 4 atom stereocenters. The first-order valence-corrected chi connectivity index (χ1v) is 8.41. The summed E-state index contributed by atoms with van der Waals surface area (Å²) in [5, 5.41) is 0. The largest absolute Gasteiger partial charge is 0.458 e. The van der Waals surface area contributed by atoms with Crippen LogP contribution >= 0.6 is 0 Å². The molecule has 0 radical (unpaired) electrons. The summed E-state index contributed by atoms with van der Waals surface area (Å²) >= 11 is 0. The number of epoxide rings is 1. The molecule has 2 aliphatic heterocycles. The summed E-state index contributed by atoms with van der Waals surface area (Å²) in [5.41, 5.74) is -1.26. The fourth-order valence-electron chi connectivity index (χ4n) is 3.01. The quantitative estimate of drug-likeness (QED) is 0.449. The van der Waals surface area contributed by atoms with Crippen molar-refractivity contribution in [2.45, 2.75) is 77.4 Å². The predicted molar refractivity (Wildman–Crippen MR) is 89.5 cm³/mol. The zero-order valence-electron chi connectivity index (χ0n) is 15.5. The lowest BCUT2D eigenvalue weighted by molar-refractivity contribution is -0.160. The van der Waals surface area contributed by atoms with Crippen LogP contribution in [-0.4, -0.2) is 53.0 Å². The minimum absolute atomic E-state index is 0.0254. The zero-order valence-corrected chi connectivity index (χ0v) is 15.5. The number of rotatable bonds is 3. The first-order chi connectivity index (χ1) is 10.9. The van der Waals surface area contributed by atoms with Gasteiger partial charge in [-0.05, 0) is 48.0 Å². The first kappa shape index (κ1) is 18.8.